The molecule has 0 atom stereocenters. The lowest BCUT2D eigenvalue weighted by atomic mass is 10.2. The van der Waals surface area contributed by atoms with Crippen molar-refractivity contribution in [3.8, 4) is 16.9 Å². The fourth-order valence-corrected chi connectivity index (χ4v) is 2.06. The van der Waals surface area contributed by atoms with E-state index in [9.17, 15) is 0 Å². The standard InChI is InChI=1S/C14H11ClN4/c15-10-3-5-11(6-4-10)19-9-17-8-13(19)12-2-1-7-18-14(12)16/h1-9H,(H2,16,18). The Hall–Kier alpha value is -2.33. The Morgan fingerprint density at radius 2 is 1.89 bits per heavy atom. The highest BCUT2D eigenvalue weighted by atomic mass is 35.5. The van der Waals surface area contributed by atoms with Gasteiger partial charge in [0.15, 0.2) is 0 Å². The van der Waals surface area contributed by atoms with Crippen LogP contribution in [0.2, 0.25) is 5.02 Å². The Kier molecular flexibility index (Phi) is 2.93. The predicted octanol–water partition coefficient (Wildman–Crippen LogP) is 3.17. The van der Waals surface area contributed by atoms with Crippen LogP contribution in [0.5, 0.6) is 0 Å². The molecular formula is C14H11ClN4. The van der Waals surface area contributed by atoms with Crippen molar-refractivity contribution in [1.29, 1.82) is 0 Å². The number of aromatic nitrogens is 3. The maximum Gasteiger partial charge on any atom is 0.132 e. The summed E-state index contributed by atoms with van der Waals surface area (Å²) in [5.41, 5.74) is 8.63. The Morgan fingerprint density at radius 3 is 2.63 bits per heavy atom. The predicted molar refractivity (Wildman–Crippen MR) is 76.2 cm³/mol. The molecule has 2 N–H and O–H groups in total. The second kappa shape index (κ2) is 4.74. The molecule has 0 fully saturated rings. The van der Waals surface area contributed by atoms with Gasteiger partial charge in [-0.1, -0.05) is 11.6 Å². The van der Waals surface area contributed by atoms with E-state index in [0.29, 0.717) is 10.8 Å². The van der Waals surface area contributed by atoms with Crippen molar-refractivity contribution in [2.75, 3.05) is 5.73 Å². The van der Waals surface area contributed by atoms with Gasteiger partial charge in [-0.15, -0.1) is 0 Å². The maximum atomic E-state index is 5.91. The van der Waals surface area contributed by atoms with E-state index in [-0.39, 0.29) is 0 Å². The van der Waals surface area contributed by atoms with Crippen LogP contribution in [0.25, 0.3) is 16.9 Å². The van der Waals surface area contributed by atoms with Gasteiger partial charge in [-0.2, -0.15) is 0 Å². The van der Waals surface area contributed by atoms with Gasteiger partial charge >= 0.3 is 0 Å². The molecule has 0 bridgehead atoms. The highest BCUT2D eigenvalue weighted by Crippen LogP contribution is 2.26. The minimum absolute atomic E-state index is 0.484. The third-order valence-electron chi connectivity index (χ3n) is 2.86. The summed E-state index contributed by atoms with van der Waals surface area (Å²) in [6, 6.07) is 11.3. The van der Waals surface area contributed by atoms with E-state index in [2.05, 4.69) is 9.97 Å². The SMILES string of the molecule is Nc1ncccc1-c1cncn1-c1ccc(Cl)cc1. The smallest absolute Gasteiger partial charge is 0.132 e. The number of benzene rings is 1. The lowest BCUT2D eigenvalue weighted by Crippen LogP contribution is -1.99. The van der Waals surface area contributed by atoms with Crippen molar-refractivity contribution >= 4 is 17.4 Å². The summed E-state index contributed by atoms with van der Waals surface area (Å²) in [4.78, 5) is 8.28. The summed E-state index contributed by atoms with van der Waals surface area (Å²) in [7, 11) is 0. The van der Waals surface area contributed by atoms with Gasteiger partial charge in [-0.05, 0) is 36.4 Å². The monoisotopic (exact) mass is 270 g/mol. The molecule has 0 saturated carbocycles. The van der Waals surface area contributed by atoms with Crippen LogP contribution >= 0.6 is 11.6 Å². The number of hydrogen-bond acceptors (Lipinski definition) is 3. The molecule has 0 saturated heterocycles. The topological polar surface area (TPSA) is 56.7 Å². The molecule has 0 unspecified atom stereocenters. The molecule has 0 aliphatic heterocycles. The lowest BCUT2D eigenvalue weighted by molar-refractivity contribution is 1.06. The zero-order valence-corrected chi connectivity index (χ0v) is 10.7. The van der Waals surface area contributed by atoms with E-state index >= 15 is 0 Å². The van der Waals surface area contributed by atoms with Gasteiger partial charge in [0.2, 0.25) is 0 Å². The molecule has 94 valence electrons. The average Bonchev–Trinajstić information content (AvgIpc) is 2.89. The van der Waals surface area contributed by atoms with Crippen LogP contribution in [0.3, 0.4) is 0 Å². The second-order valence-electron chi connectivity index (χ2n) is 4.06. The van der Waals surface area contributed by atoms with E-state index in [1.807, 2.05) is 41.0 Å². The Bertz CT molecular complexity index is 703. The lowest BCUT2D eigenvalue weighted by Gasteiger charge is -2.09. The highest BCUT2D eigenvalue weighted by Gasteiger charge is 2.10. The van der Waals surface area contributed by atoms with Crippen LogP contribution in [0, 0.1) is 0 Å². The first kappa shape index (κ1) is 11.7. The fourth-order valence-electron chi connectivity index (χ4n) is 1.94. The first-order valence-corrected chi connectivity index (χ1v) is 6.12. The molecule has 4 nitrogen and oxygen atoms in total. The van der Waals surface area contributed by atoms with Crippen LogP contribution in [-0.2, 0) is 0 Å². The van der Waals surface area contributed by atoms with Crippen LogP contribution in [0.15, 0.2) is 55.1 Å². The van der Waals surface area contributed by atoms with Gasteiger partial charge in [-0.25, -0.2) is 9.97 Å². The number of hydrogen-bond donors (Lipinski definition) is 1. The van der Waals surface area contributed by atoms with Gasteiger partial charge in [0, 0.05) is 22.5 Å². The number of rotatable bonds is 2. The molecule has 0 spiro atoms. The Labute approximate surface area is 115 Å². The third kappa shape index (κ3) is 2.18. The number of pyridine rings is 1. The van der Waals surface area contributed by atoms with Gasteiger partial charge in [-0.3, -0.25) is 4.57 Å². The number of nitrogens with two attached hydrogens (primary N) is 1. The summed E-state index contributed by atoms with van der Waals surface area (Å²) < 4.78 is 1.95. The molecule has 2 aromatic heterocycles. The quantitative estimate of drug-likeness (QED) is 0.778. The minimum Gasteiger partial charge on any atom is -0.383 e. The van der Waals surface area contributed by atoms with Crippen molar-refractivity contribution in [2.45, 2.75) is 0 Å². The van der Waals surface area contributed by atoms with Crippen molar-refractivity contribution in [1.82, 2.24) is 14.5 Å². The van der Waals surface area contributed by atoms with Gasteiger partial charge < -0.3 is 5.73 Å². The van der Waals surface area contributed by atoms with E-state index in [1.54, 1.807) is 18.7 Å². The van der Waals surface area contributed by atoms with Gasteiger partial charge in [0.1, 0.15) is 5.82 Å². The van der Waals surface area contributed by atoms with E-state index < -0.39 is 0 Å². The van der Waals surface area contributed by atoms with Crippen molar-refractivity contribution in [3.05, 3.63) is 60.1 Å². The summed E-state index contributed by atoms with van der Waals surface area (Å²) in [5, 5.41) is 0.700. The molecule has 0 aliphatic rings. The molecule has 1 aromatic carbocycles. The summed E-state index contributed by atoms with van der Waals surface area (Å²) >= 11 is 5.90. The van der Waals surface area contributed by atoms with Crippen LogP contribution in [0.1, 0.15) is 0 Å². The molecule has 5 heteroatoms. The van der Waals surface area contributed by atoms with E-state index in [4.69, 9.17) is 17.3 Å². The number of anilines is 1. The van der Waals surface area contributed by atoms with E-state index in [1.165, 1.54) is 0 Å². The summed E-state index contributed by atoms with van der Waals surface area (Å²) in [6.45, 7) is 0. The average molecular weight is 271 g/mol. The minimum atomic E-state index is 0.484. The maximum absolute atomic E-state index is 5.91. The number of nitrogen functional groups attached to an aromatic ring is 1. The Morgan fingerprint density at radius 1 is 1.11 bits per heavy atom. The van der Waals surface area contributed by atoms with Crippen LogP contribution in [0.4, 0.5) is 5.82 Å². The van der Waals surface area contributed by atoms with Crippen molar-refractivity contribution in [2.24, 2.45) is 0 Å². The number of halogens is 1. The van der Waals surface area contributed by atoms with Crippen molar-refractivity contribution in [3.63, 3.8) is 0 Å². The third-order valence-corrected chi connectivity index (χ3v) is 3.11. The highest BCUT2D eigenvalue weighted by molar-refractivity contribution is 6.30. The summed E-state index contributed by atoms with van der Waals surface area (Å²) in [6.07, 6.45) is 5.18. The molecule has 3 rings (SSSR count). The summed E-state index contributed by atoms with van der Waals surface area (Å²) in [5.74, 6) is 0.484. The normalized spacial score (nSPS) is 10.6. The first-order chi connectivity index (χ1) is 9.25. The largest absolute Gasteiger partial charge is 0.383 e. The van der Waals surface area contributed by atoms with Crippen LogP contribution < -0.4 is 5.73 Å². The first-order valence-electron chi connectivity index (χ1n) is 5.75. The molecule has 0 radical (unpaired) electrons. The second-order valence-corrected chi connectivity index (χ2v) is 4.50. The fraction of sp³-hybridized carbons (Fsp3) is 0. The molecular weight excluding hydrogens is 260 g/mol. The number of nitrogens with zero attached hydrogens (tertiary/aromatic N) is 3. The van der Waals surface area contributed by atoms with Crippen molar-refractivity contribution < 1.29 is 0 Å². The molecule has 2 heterocycles. The Balaban J connectivity index is 2.13. The molecule has 0 aliphatic carbocycles. The van der Waals surface area contributed by atoms with E-state index in [0.717, 1.165) is 16.9 Å². The zero-order valence-electron chi connectivity index (χ0n) is 9.99. The zero-order chi connectivity index (χ0) is 13.2. The number of imidazole rings is 1. The molecule has 3 aromatic rings. The van der Waals surface area contributed by atoms with Gasteiger partial charge in [0.05, 0.1) is 18.2 Å². The van der Waals surface area contributed by atoms with Gasteiger partial charge in [0.25, 0.3) is 0 Å². The molecule has 19 heavy (non-hydrogen) atoms. The van der Waals surface area contributed by atoms with Crippen LogP contribution in [-0.4, -0.2) is 14.5 Å². The molecule has 0 amide bonds.